The molecule has 2 fully saturated rings. The maximum atomic E-state index is 13.9. The Labute approximate surface area is 190 Å². The zero-order valence-electron chi connectivity index (χ0n) is 19.3. The van der Waals surface area contributed by atoms with Gasteiger partial charge in [-0.3, -0.25) is 0 Å². The lowest BCUT2D eigenvalue weighted by Gasteiger charge is -2.38. The molecule has 5 heteroatoms. The molecule has 1 nitrogen and oxygen atoms in total. The van der Waals surface area contributed by atoms with E-state index in [1.165, 1.54) is 64.2 Å². The third-order valence-electron chi connectivity index (χ3n) is 7.70. The number of hydrogen-bond donors (Lipinski definition) is 0. The van der Waals surface area contributed by atoms with Crippen LogP contribution in [0.4, 0.5) is 17.6 Å². The van der Waals surface area contributed by atoms with E-state index in [1.807, 2.05) is 0 Å². The second-order valence-electron chi connectivity index (χ2n) is 9.82. The predicted octanol–water partition coefficient (Wildman–Crippen LogP) is 8.86. The highest BCUT2D eigenvalue weighted by Gasteiger charge is 2.30. The summed E-state index contributed by atoms with van der Waals surface area (Å²) in [7, 11) is 0. The number of alkyl halides is 2. The van der Waals surface area contributed by atoms with Crippen LogP contribution < -0.4 is 4.74 Å². The van der Waals surface area contributed by atoms with Crippen LogP contribution in [-0.2, 0) is 6.42 Å². The van der Waals surface area contributed by atoms with Crippen LogP contribution in [0.3, 0.4) is 0 Å². The Morgan fingerprint density at radius 2 is 1.38 bits per heavy atom. The lowest BCUT2D eigenvalue weighted by molar-refractivity contribution is -0.0546. The lowest BCUT2D eigenvalue weighted by Crippen LogP contribution is -2.26. The van der Waals surface area contributed by atoms with Gasteiger partial charge in [-0.1, -0.05) is 44.8 Å². The fraction of sp³-hybridized carbons (Fsp3) is 0.704. The van der Waals surface area contributed by atoms with E-state index in [9.17, 15) is 17.6 Å². The molecule has 2 aliphatic rings. The number of rotatable bonds is 10. The van der Waals surface area contributed by atoms with Gasteiger partial charge in [-0.05, 0) is 99.2 Å². The van der Waals surface area contributed by atoms with Crippen LogP contribution in [0.2, 0.25) is 0 Å². The van der Waals surface area contributed by atoms with Crippen LogP contribution in [0.15, 0.2) is 24.3 Å². The molecule has 3 rings (SSSR count). The highest BCUT2D eigenvalue weighted by Crippen LogP contribution is 2.43. The molecular formula is C27H38F4O. The van der Waals surface area contributed by atoms with E-state index < -0.39 is 24.0 Å². The van der Waals surface area contributed by atoms with Gasteiger partial charge in [-0.15, -0.1) is 0 Å². The maximum absolute atomic E-state index is 13.9. The summed E-state index contributed by atoms with van der Waals surface area (Å²) in [6.45, 7) is -1.06. The molecule has 2 aliphatic carbocycles. The van der Waals surface area contributed by atoms with Crippen molar-refractivity contribution in [3.63, 3.8) is 0 Å². The second kappa shape index (κ2) is 12.6. The van der Waals surface area contributed by atoms with Gasteiger partial charge in [0.1, 0.15) is 0 Å². The van der Waals surface area contributed by atoms with Crippen LogP contribution in [-0.4, -0.2) is 6.61 Å². The van der Waals surface area contributed by atoms with Gasteiger partial charge < -0.3 is 4.74 Å². The smallest absolute Gasteiger partial charge is 0.387 e. The first-order valence-corrected chi connectivity index (χ1v) is 12.5. The maximum Gasteiger partial charge on any atom is 0.387 e. The van der Waals surface area contributed by atoms with Gasteiger partial charge in [0, 0.05) is 0 Å². The molecule has 0 N–H and O–H groups in total. The van der Waals surface area contributed by atoms with E-state index in [0.717, 1.165) is 42.7 Å². The Kier molecular flexibility index (Phi) is 9.92. The van der Waals surface area contributed by atoms with Gasteiger partial charge in [0.25, 0.3) is 0 Å². The Balaban J connectivity index is 1.37. The van der Waals surface area contributed by atoms with E-state index in [0.29, 0.717) is 17.9 Å². The highest BCUT2D eigenvalue weighted by atomic mass is 19.3. The van der Waals surface area contributed by atoms with E-state index in [4.69, 9.17) is 0 Å². The van der Waals surface area contributed by atoms with Crippen molar-refractivity contribution in [3.05, 3.63) is 41.5 Å². The number of halogens is 4. The van der Waals surface area contributed by atoms with Crippen molar-refractivity contribution in [1.29, 1.82) is 0 Å². The van der Waals surface area contributed by atoms with Gasteiger partial charge in [-0.2, -0.15) is 8.78 Å². The first-order chi connectivity index (χ1) is 15.5. The van der Waals surface area contributed by atoms with Crippen LogP contribution >= 0.6 is 0 Å². The molecule has 0 radical (unpaired) electrons. The third kappa shape index (κ3) is 7.52. The molecule has 0 atom stereocenters. The summed E-state index contributed by atoms with van der Waals surface area (Å²) in [6, 6.07) is 2.26. The van der Waals surface area contributed by atoms with Crippen molar-refractivity contribution < 1.29 is 22.3 Å². The third-order valence-corrected chi connectivity index (χ3v) is 7.70. The standard InChI is InChI=1S/C27H38F4O/c1-2-3-4-5-6-19-9-13-22(14-10-19)23-15-11-20(12-16-23)7-8-21-17-24(28)26(25(29)18-21)32-27(30)31/h3-4,17-20,22-23,27H,2,5-16H2,1H3/b4-3+. The Morgan fingerprint density at radius 1 is 0.844 bits per heavy atom. The molecule has 0 spiro atoms. The fourth-order valence-electron chi connectivity index (χ4n) is 5.84. The zero-order chi connectivity index (χ0) is 22.9. The van der Waals surface area contributed by atoms with Crippen molar-refractivity contribution in [2.24, 2.45) is 23.7 Å². The fourth-order valence-corrected chi connectivity index (χ4v) is 5.84. The summed E-state index contributed by atoms with van der Waals surface area (Å²) in [5.41, 5.74) is 0.510. The minimum Gasteiger partial charge on any atom is -0.429 e. The summed E-state index contributed by atoms with van der Waals surface area (Å²) < 4.78 is 56.3. The number of aryl methyl sites for hydroxylation is 1. The van der Waals surface area contributed by atoms with Crippen molar-refractivity contribution >= 4 is 0 Å². The summed E-state index contributed by atoms with van der Waals surface area (Å²) in [6.07, 6.45) is 20.2. The first kappa shape index (κ1) is 25.1. The van der Waals surface area contributed by atoms with Gasteiger partial charge in [0.05, 0.1) is 0 Å². The number of allylic oxidation sites excluding steroid dienone is 2. The summed E-state index contributed by atoms with van der Waals surface area (Å²) in [4.78, 5) is 0. The van der Waals surface area contributed by atoms with Gasteiger partial charge in [0.15, 0.2) is 17.4 Å². The predicted molar refractivity (Wildman–Crippen MR) is 121 cm³/mol. The Bertz CT molecular complexity index is 693. The summed E-state index contributed by atoms with van der Waals surface area (Å²) in [5, 5.41) is 0. The van der Waals surface area contributed by atoms with Crippen molar-refractivity contribution in [2.75, 3.05) is 0 Å². The van der Waals surface area contributed by atoms with E-state index in [-0.39, 0.29) is 0 Å². The molecule has 0 bridgehead atoms. The summed E-state index contributed by atoms with van der Waals surface area (Å²) in [5.74, 6) is 0.105. The topological polar surface area (TPSA) is 9.23 Å². The van der Waals surface area contributed by atoms with Gasteiger partial charge in [0.2, 0.25) is 0 Å². The molecule has 2 saturated carbocycles. The molecule has 0 unspecified atom stereocenters. The van der Waals surface area contributed by atoms with Crippen molar-refractivity contribution in [1.82, 2.24) is 0 Å². The Morgan fingerprint density at radius 3 is 1.88 bits per heavy atom. The van der Waals surface area contributed by atoms with Crippen LogP contribution in [0.1, 0.15) is 89.5 Å². The van der Waals surface area contributed by atoms with Crippen LogP contribution in [0.5, 0.6) is 5.75 Å². The molecule has 0 saturated heterocycles. The van der Waals surface area contributed by atoms with Crippen LogP contribution in [0.25, 0.3) is 0 Å². The quantitative estimate of drug-likeness (QED) is 0.253. The lowest BCUT2D eigenvalue weighted by atomic mass is 9.68. The van der Waals surface area contributed by atoms with E-state index in [2.05, 4.69) is 23.8 Å². The van der Waals surface area contributed by atoms with E-state index in [1.54, 1.807) is 0 Å². The largest absolute Gasteiger partial charge is 0.429 e. The first-order valence-electron chi connectivity index (χ1n) is 12.5. The Hall–Kier alpha value is -1.52. The highest BCUT2D eigenvalue weighted by molar-refractivity contribution is 5.31. The number of benzene rings is 1. The summed E-state index contributed by atoms with van der Waals surface area (Å²) >= 11 is 0. The molecule has 0 heterocycles. The minimum absolute atomic E-state index is 0.510. The molecule has 32 heavy (non-hydrogen) atoms. The van der Waals surface area contributed by atoms with E-state index >= 15 is 0 Å². The molecule has 0 aromatic heterocycles. The van der Waals surface area contributed by atoms with Crippen LogP contribution in [0, 0.1) is 35.3 Å². The average Bonchev–Trinajstić information content (AvgIpc) is 2.78. The van der Waals surface area contributed by atoms with Gasteiger partial charge in [-0.25, -0.2) is 8.78 Å². The second-order valence-corrected chi connectivity index (χ2v) is 9.82. The molecule has 0 amide bonds. The number of ether oxygens (including phenoxy) is 1. The molecule has 1 aromatic carbocycles. The molecule has 1 aromatic rings. The van der Waals surface area contributed by atoms with Crippen molar-refractivity contribution in [3.8, 4) is 5.75 Å². The van der Waals surface area contributed by atoms with Gasteiger partial charge >= 0.3 is 6.61 Å². The average molecular weight is 455 g/mol. The molecular weight excluding hydrogens is 416 g/mol. The normalized spacial score (nSPS) is 26.7. The van der Waals surface area contributed by atoms with Crippen molar-refractivity contribution in [2.45, 2.75) is 97.0 Å². The monoisotopic (exact) mass is 454 g/mol. The zero-order valence-corrected chi connectivity index (χ0v) is 19.3. The molecule has 0 aliphatic heterocycles. The molecule has 180 valence electrons. The SMILES string of the molecule is CC/C=C/CCC1CCC(C2CCC(CCc3cc(F)c(OC(F)F)c(F)c3)CC2)CC1. The number of hydrogen-bond acceptors (Lipinski definition) is 1. The minimum atomic E-state index is -3.24.